The van der Waals surface area contributed by atoms with Crippen LogP contribution < -0.4 is 5.32 Å². The van der Waals surface area contributed by atoms with Crippen molar-refractivity contribution in [1.82, 2.24) is 15.1 Å². The minimum absolute atomic E-state index is 0.296. The molecule has 0 spiro atoms. The number of fused-ring (bicyclic) bond motifs is 2. The zero-order chi connectivity index (χ0) is 10.1. The first kappa shape index (κ1) is 10.4. The van der Waals surface area contributed by atoms with Gasteiger partial charge in [-0.1, -0.05) is 0 Å². The van der Waals surface area contributed by atoms with Gasteiger partial charge in [0, 0.05) is 31.7 Å². The van der Waals surface area contributed by atoms with Crippen molar-refractivity contribution >= 4 is 0 Å². The monoisotopic (exact) mass is 199 g/mol. The van der Waals surface area contributed by atoms with Gasteiger partial charge >= 0.3 is 0 Å². The number of aliphatic hydroxyl groups excluding tert-OH is 1. The van der Waals surface area contributed by atoms with Crippen molar-refractivity contribution in [3.05, 3.63) is 0 Å². The van der Waals surface area contributed by atoms with Crippen molar-refractivity contribution in [3.63, 3.8) is 0 Å². The van der Waals surface area contributed by atoms with Gasteiger partial charge in [0.05, 0.1) is 0 Å². The van der Waals surface area contributed by atoms with Gasteiger partial charge in [-0.05, 0) is 26.9 Å². The molecule has 0 aromatic carbocycles. The number of hydrogen-bond acceptors (Lipinski definition) is 4. The van der Waals surface area contributed by atoms with E-state index in [1.165, 1.54) is 12.8 Å². The molecule has 2 heterocycles. The number of likely N-dealkylation sites (N-methyl/N-ethyl adjacent to an activating group) is 1. The summed E-state index contributed by atoms with van der Waals surface area (Å²) in [4.78, 5) is 4.24. The first-order chi connectivity index (χ1) is 6.65. The van der Waals surface area contributed by atoms with E-state index in [9.17, 15) is 5.11 Å². The number of nitrogens with zero attached hydrogens (tertiary/aromatic N) is 2. The lowest BCUT2D eigenvalue weighted by Crippen LogP contribution is -2.56. The van der Waals surface area contributed by atoms with Crippen LogP contribution in [0.15, 0.2) is 0 Å². The van der Waals surface area contributed by atoms with Crippen molar-refractivity contribution in [2.75, 3.05) is 33.7 Å². The Kier molecular flexibility index (Phi) is 3.07. The van der Waals surface area contributed by atoms with E-state index < -0.39 is 0 Å². The first-order valence-corrected chi connectivity index (χ1v) is 5.48. The van der Waals surface area contributed by atoms with Crippen molar-refractivity contribution in [3.8, 4) is 0 Å². The highest BCUT2D eigenvalue weighted by Gasteiger charge is 2.34. The van der Waals surface area contributed by atoms with Crippen molar-refractivity contribution < 1.29 is 5.11 Å². The summed E-state index contributed by atoms with van der Waals surface area (Å²) in [5.74, 6) is 0. The maximum absolute atomic E-state index is 9.96. The Balaban J connectivity index is 1.86. The Morgan fingerprint density at radius 3 is 2.43 bits per heavy atom. The SMILES string of the molecule is CN(C)CC(O)N1CC2CCC(C1)N2. The minimum Gasteiger partial charge on any atom is -0.377 e. The van der Waals surface area contributed by atoms with E-state index in [1.807, 2.05) is 19.0 Å². The van der Waals surface area contributed by atoms with E-state index in [-0.39, 0.29) is 6.23 Å². The third kappa shape index (κ3) is 2.25. The van der Waals surface area contributed by atoms with E-state index in [0.29, 0.717) is 12.1 Å². The molecule has 3 unspecified atom stereocenters. The van der Waals surface area contributed by atoms with Gasteiger partial charge in [0.25, 0.3) is 0 Å². The van der Waals surface area contributed by atoms with E-state index in [2.05, 4.69) is 10.2 Å². The number of aliphatic hydroxyl groups is 1. The molecule has 4 nitrogen and oxygen atoms in total. The topological polar surface area (TPSA) is 38.7 Å². The van der Waals surface area contributed by atoms with Crippen molar-refractivity contribution in [2.24, 2.45) is 0 Å². The largest absolute Gasteiger partial charge is 0.377 e. The molecule has 82 valence electrons. The van der Waals surface area contributed by atoms with Gasteiger partial charge < -0.3 is 15.3 Å². The lowest BCUT2D eigenvalue weighted by molar-refractivity contribution is -0.0289. The zero-order valence-corrected chi connectivity index (χ0v) is 9.11. The normalized spacial score (nSPS) is 35.1. The van der Waals surface area contributed by atoms with Crippen LogP contribution in [-0.4, -0.2) is 66.9 Å². The van der Waals surface area contributed by atoms with E-state index in [4.69, 9.17) is 0 Å². The van der Waals surface area contributed by atoms with Crippen LogP contribution in [0.5, 0.6) is 0 Å². The van der Waals surface area contributed by atoms with Gasteiger partial charge in [0.1, 0.15) is 6.23 Å². The molecule has 2 fully saturated rings. The molecule has 2 bridgehead atoms. The molecule has 4 heteroatoms. The number of rotatable bonds is 3. The average Bonchev–Trinajstić information content (AvgIpc) is 2.44. The fourth-order valence-corrected chi connectivity index (χ4v) is 2.52. The summed E-state index contributed by atoms with van der Waals surface area (Å²) in [6.07, 6.45) is 2.25. The second kappa shape index (κ2) is 4.14. The third-order valence-corrected chi connectivity index (χ3v) is 3.19. The Morgan fingerprint density at radius 2 is 1.93 bits per heavy atom. The molecule has 14 heavy (non-hydrogen) atoms. The number of hydrogen-bond donors (Lipinski definition) is 2. The van der Waals surface area contributed by atoms with E-state index in [0.717, 1.165) is 19.6 Å². The molecule has 2 rings (SSSR count). The summed E-state index contributed by atoms with van der Waals surface area (Å²) < 4.78 is 0. The highest BCUT2D eigenvalue weighted by atomic mass is 16.3. The maximum Gasteiger partial charge on any atom is 0.120 e. The Morgan fingerprint density at radius 1 is 1.36 bits per heavy atom. The molecule has 2 aliphatic heterocycles. The molecule has 0 aromatic rings. The molecule has 3 atom stereocenters. The maximum atomic E-state index is 9.96. The summed E-state index contributed by atoms with van der Waals surface area (Å²) in [5.41, 5.74) is 0. The second-order valence-electron chi connectivity index (χ2n) is 4.83. The lowest BCUT2D eigenvalue weighted by Gasteiger charge is -2.36. The molecule has 0 amide bonds. The predicted molar refractivity (Wildman–Crippen MR) is 56.1 cm³/mol. The quantitative estimate of drug-likeness (QED) is 0.630. The molecule has 2 saturated heterocycles. The fraction of sp³-hybridized carbons (Fsp3) is 1.00. The first-order valence-electron chi connectivity index (χ1n) is 5.48. The van der Waals surface area contributed by atoms with Crippen molar-refractivity contribution in [1.29, 1.82) is 0 Å². The van der Waals surface area contributed by atoms with Gasteiger partial charge in [-0.3, -0.25) is 4.90 Å². The summed E-state index contributed by atoms with van der Waals surface area (Å²) in [6.45, 7) is 2.75. The molecule has 2 N–H and O–H groups in total. The zero-order valence-electron chi connectivity index (χ0n) is 9.11. The van der Waals surface area contributed by atoms with Gasteiger partial charge in [-0.2, -0.15) is 0 Å². The average molecular weight is 199 g/mol. The Bertz CT molecular complexity index is 186. The van der Waals surface area contributed by atoms with Gasteiger partial charge in [0.15, 0.2) is 0 Å². The second-order valence-corrected chi connectivity index (χ2v) is 4.83. The van der Waals surface area contributed by atoms with Crippen LogP contribution in [0.1, 0.15) is 12.8 Å². The minimum atomic E-state index is -0.296. The molecule has 0 saturated carbocycles. The van der Waals surface area contributed by atoms with Crippen LogP contribution in [-0.2, 0) is 0 Å². The number of likely N-dealkylation sites (tertiary alicyclic amines) is 1. The molecular formula is C10H21N3O. The van der Waals surface area contributed by atoms with Crippen LogP contribution in [0.25, 0.3) is 0 Å². The van der Waals surface area contributed by atoms with Gasteiger partial charge in [-0.15, -0.1) is 0 Å². The number of piperazine rings is 1. The van der Waals surface area contributed by atoms with Crippen LogP contribution in [0.3, 0.4) is 0 Å². The highest BCUT2D eigenvalue weighted by molar-refractivity contribution is 4.93. The Hall–Kier alpha value is -0.160. The lowest BCUT2D eigenvalue weighted by atomic mass is 10.2. The molecule has 2 aliphatic rings. The van der Waals surface area contributed by atoms with Gasteiger partial charge in [0.2, 0.25) is 0 Å². The van der Waals surface area contributed by atoms with Crippen LogP contribution >= 0.6 is 0 Å². The summed E-state index contributed by atoms with van der Waals surface area (Å²) in [6, 6.07) is 1.23. The predicted octanol–water partition coefficient (Wildman–Crippen LogP) is -0.697. The summed E-state index contributed by atoms with van der Waals surface area (Å²) >= 11 is 0. The summed E-state index contributed by atoms with van der Waals surface area (Å²) in [7, 11) is 4.00. The number of nitrogens with one attached hydrogen (secondary N) is 1. The third-order valence-electron chi connectivity index (χ3n) is 3.19. The highest BCUT2D eigenvalue weighted by Crippen LogP contribution is 2.21. The Labute approximate surface area is 85.9 Å². The van der Waals surface area contributed by atoms with Crippen LogP contribution in [0.2, 0.25) is 0 Å². The fourth-order valence-electron chi connectivity index (χ4n) is 2.52. The standard InChI is InChI=1S/C10H21N3O/c1-12(2)7-10(14)13-5-8-3-4-9(6-13)11-8/h8-11,14H,3-7H2,1-2H3. The molecular weight excluding hydrogens is 178 g/mol. The summed E-state index contributed by atoms with van der Waals surface area (Å²) in [5, 5.41) is 13.5. The smallest absolute Gasteiger partial charge is 0.120 e. The molecule has 0 radical (unpaired) electrons. The van der Waals surface area contributed by atoms with Crippen molar-refractivity contribution in [2.45, 2.75) is 31.2 Å². The van der Waals surface area contributed by atoms with E-state index in [1.54, 1.807) is 0 Å². The molecule has 0 aromatic heterocycles. The van der Waals surface area contributed by atoms with Crippen LogP contribution in [0, 0.1) is 0 Å². The van der Waals surface area contributed by atoms with Gasteiger partial charge in [-0.25, -0.2) is 0 Å². The van der Waals surface area contributed by atoms with E-state index >= 15 is 0 Å². The molecule has 0 aliphatic carbocycles. The van der Waals surface area contributed by atoms with Crippen LogP contribution in [0.4, 0.5) is 0 Å².